The van der Waals surface area contributed by atoms with Crippen LogP contribution in [0.4, 0.5) is 0 Å². The van der Waals surface area contributed by atoms with Gasteiger partial charge in [0.2, 0.25) is 0 Å². The van der Waals surface area contributed by atoms with Gasteiger partial charge in [-0.25, -0.2) is 5.26 Å². The summed E-state index contributed by atoms with van der Waals surface area (Å²) in [5, 5.41) is 41.8. The topological polar surface area (TPSA) is 152 Å². The van der Waals surface area contributed by atoms with Crippen LogP contribution in [0.2, 0.25) is 0 Å². The average molecular weight is 273 g/mol. The van der Waals surface area contributed by atoms with E-state index < -0.39 is 0 Å². The standard InChI is InChI=1S/H3NO14S/c2-5-8-11-9-6-3-1-4-7-10-12-13-14-15-16/h1-2,16H. The minimum absolute atomic E-state index is 1.40. The highest BCUT2D eigenvalue weighted by Crippen LogP contribution is 1.88. The van der Waals surface area contributed by atoms with Crippen molar-refractivity contribution in [2.45, 2.75) is 0 Å². The second kappa shape index (κ2) is 14.8. The molecule has 0 rings (SSSR count). The van der Waals surface area contributed by atoms with Gasteiger partial charge in [0.1, 0.15) is 0 Å². The lowest BCUT2D eigenvalue weighted by molar-refractivity contribution is -0.814. The summed E-state index contributed by atoms with van der Waals surface area (Å²) in [5.74, 6) is 0. The van der Waals surface area contributed by atoms with E-state index in [1.807, 2.05) is 0 Å². The normalized spacial score (nSPS) is 10.9. The summed E-state index contributed by atoms with van der Waals surface area (Å²) in [6, 6.07) is 0. The van der Waals surface area contributed by atoms with E-state index in [0.717, 1.165) is 0 Å². The van der Waals surface area contributed by atoms with Crippen LogP contribution in [0.15, 0.2) is 0 Å². The molecule has 0 aromatic rings. The third-order valence-corrected chi connectivity index (χ3v) is 0.452. The Hall–Kier alpha value is -0.250. The van der Waals surface area contributed by atoms with E-state index in [-0.39, 0.29) is 0 Å². The third kappa shape index (κ3) is 13.8. The van der Waals surface area contributed by atoms with E-state index in [1.54, 1.807) is 0 Å². The van der Waals surface area contributed by atoms with E-state index in [9.17, 15) is 0 Å². The van der Waals surface area contributed by atoms with Crippen LogP contribution in [-0.2, 0) is 64.7 Å². The molecule has 0 aliphatic carbocycles. The first-order chi connectivity index (χ1) is 7.91. The lowest BCUT2D eigenvalue weighted by Gasteiger charge is -1.99. The summed E-state index contributed by atoms with van der Waals surface area (Å²) >= 11 is 3.06. The van der Waals surface area contributed by atoms with Gasteiger partial charge in [-0.05, 0) is 56.0 Å². The molecule has 0 saturated carbocycles. The van der Waals surface area contributed by atoms with Gasteiger partial charge in [-0.2, -0.15) is 0 Å². The molecule has 0 aliphatic heterocycles. The van der Waals surface area contributed by atoms with Gasteiger partial charge in [-0.3, -0.25) is 0 Å². The summed E-state index contributed by atoms with van der Waals surface area (Å²) in [4.78, 5) is 7.43. The molecule has 2 N–H and O–H groups in total. The molecule has 0 amide bonds. The van der Waals surface area contributed by atoms with Gasteiger partial charge < -0.3 is 0 Å². The molecule has 16 heteroatoms. The van der Waals surface area contributed by atoms with Crippen molar-refractivity contribution >= 4 is 12.9 Å². The van der Waals surface area contributed by atoms with Gasteiger partial charge >= 0.3 is 0 Å². The van der Waals surface area contributed by atoms with Crippen LogP contribution in [-0.4, -0.2) is 5.26 Å². The molecule has 0 bridgehead atoms. The summed E-state index contributed by atoms with van der Waals surface area (Å²) in [6.07, 6.45) is 0. The molecule has 0 spiro atoms. The highest BCUT2D eigenvalue weighted by Gasteiger charge is 1.95. The summed E-state index contributed by atoms with van der Waals surface area (Å²) in [6.45, 7) is 0. The van der Waals surface area contributed by atoms with Crippen LogP contribution in [0, 0.1) is 0 Å². The second-order valence-corrected chi connectivity index (χ2v) is 1.16. The number of hydrogen-bond donors (Lipinski definition) is 3. The highest BCUT2D eigenvalue weighted by atomic mass is 32.1. The van der Waals surface area contributed by atoms with Gasteiger partial charge in [0.25, 0.3) is 0 Å². The minimum Gasteiger partial charge on any atom is -0.219 e. The minimum atomic E-state index is 1.40. The fourth-order valence-corrected chi connectivity index (χ4v) is 0.176. The van der Waals surface area contributed by atoms with Crippen LogP contribution >= 0.6 is 12.9 Å². The maximum Gasteiger partial charge on any atom is 0.0182 e. The van der Waals surface area contributed by atoms with Crippen molar-refractivity contribution in [1.82, 2.24) is 5.64 Å². The molecule has 0 saturated heterocycles. The summed E-state index contributed by atoms with van der Waals surface area (Å²) in [7, 11) is 0. The Balaban J connectivity index is 2.83. The lowest BCUT2D eigenvalue weighted by atomic mass is 13.2. The SMILES string of the molecule is OOOOOOONOOOOOOOS. The van der Waals surface area contributed by atoms with Crippen molar-refractivity contribution in [2.24, 2.45) is 0 Å². The van der Waals surface area contributed by atoms with Crippen LogP contribution in [0.25, 0.3) is 0 Å². The maximum absolute atomic E-state index is 7.48. The van der Waals surface area contributed by atoms with Crippen LogP contribution in [0.5, 0.6) is 0 Å². The molecular formula is H3NO14S. The second-order valence-electron chi connectivity index (χ2n) is 1.01. The Bertz CT molecular complexity index is 103. The molecule has 0 heterocycles. The number of nitrogens with one attached hydrogen (secondary N) is 1. The molecule has 0 atom stereocenters. The Morgan fingerprint density at radius 2 is 1.19 bits per heavy atom. The van der Waals surface area contributed by atoms with Crippen LogP contribution in [0.3, 0.4) is 0 Å². The summed E-state index contributed by atoms with van der Waals surface area (Å²) in [5.41, 5.74) is 1.40. The predicted molar refractivity (Wildman–Crippen MR) is 28.9 cm³/mol. The monoisotopic (exact) mass is 273 g/mol. The molecular weight excluding hydrogens is 270 g/mol. The molecule has 0 aromatic carbocycles. The highest BCUT2D eigenvalue weighted by molar-refractivity contribution is 7.74. The number of hydrogen-bond acceptors (Lipinski definition) is 16. The maximum atomic E-state index is 7.48. The molecule has 0 aliphatic rings. The zero-order chi connectivity index (χ0) is 11.9. The first-order valence-corrected chi connectivity index (χ1v) is 2.97. The van der Waals surface area contributed by atoms with Crippen molar-refractivity contribution in [3.05, 3.63) is 0 Å². The average Bonchev–Trinajstić information content (AvgIpc) is 2.31. The molecule has 0 fully saturated rings. The van der Waals surface area contributed by atoms with Gasteiger partial charge in [0, 0.05) is 12.9 Å². The zero-order valence-corrected chi connectivity index (χ0v) is 7.60. The van der Waals surface area contributed by atoms with Crippen molar-refractivity contribution in [1.29, 1.82) is 0 Å². The van der Waals surface area contributed by atoms with E-state index in [4.69, 9.17) is 5.26 Å². The Morgan fingerprint density at radius 1 is 0.688 bits per heavy atom. The Kier molecular flexibility index (Phi) is 14.5. The molecule has 98 valence electrons. The predicted octanol–water partition coefficient (Wildman–Crippen LogP) is -0.995. The Labute approximate surface area is 89.6 Å². The van der Waals surface area contributed by atoms with Crippen molar-refractivity contribution in [2.75, 3.05) is 0 Å². The van der Waals surface area contributed by atoms with Crippen molar-refractivity contribution in [3.8, 4) is 0 Å². The fraction of sp³-hybridized carbons (Fsp3) is 0. The molecule has 16 heavy (non-hydrogen) atoms. The van der Waals surface area contributed by atoms with Gasteiger partial charge in [-0.15, -0.1) is 4.33 Å². The quantitative estimate of drug-likeness (QED) is 0.123. The van der Waals surface area contributed by atoms with Crippen LogP contribution < -0.4 is 5.64 Å². The lowest BCUT2D eigenvalue weighted by Crippen LogP contribution is -2.17. The van der Waals surface area contributed by atoms with E-state index in [2.05, 4.69) is 77.6 Å². The molecule has 15 nitrogen and oxygen atoms in total. The number of rotatable bonds is 13. The first kappa shape index (κ1) is 15.8. The van der Waals surface area contributed by atoms with Crippen molar-refractivity contribution in [3.63, 3.8) is 0 Å². The summed E-state index contributed by atoms with van der Waals surface area (Å²) < 4.78 is 3.57. The van der Waals surface area contributed by atoms with E-state index in [1.165, 1.54) is 5.64 Å². The molecule has 0 radical (unpaired) electrons. The van der Waals surface area contributed by atoms with Crippen molar-refractivity contribution < 1.29 is 70.0 Å². The molecule has 0 unspecified atom stereocenters. The van der Waals surface area contributed by atoms with E-state index >= 15 is 0 Å². The Morgan fingerprint density at radius 3 is 1.75 bits per heavy atom. The first-order valence-electron chi connectivity index (χ1n) is 2.61. The molecule has 0 aromatic heterocycles. The fourth-order valence-electron chi connectivity index (χ4n) is 0.151. The van der Waals surface area contributed by atoms with E-state index in [0.29, 0.717) is 0 Å². The van der Waals surface area contributed by atoms with Gasteiger partial charge in [0.05, 0.1) is 0 Å². The number of thiol groups is 1. The van der Waals surface area contributed by atoms with Crippen LogP contribution in [0.1, 0.15) is 0 Å². The third-order valence-electron chi connectivity index (χ3n) is 0.391. The smallest absolute Gasteiger partial charge is 0.0182 e. The largest absolute Gasteiger partial charge is 0.219 e. The van der Waals surface area contributed by atoms with Gasteiger partial charge in [-0.1, -0.05) is 9.98 Å². The zero-order valence-electron chi connectivity index (χ0n) is 6.70. The van der Waals surface area contributed by atoms with Gasteiger partial charge in [0.15, 0.2) is 0 Å².